The molecule has 0 saturated carbocycles. The summed E-state index contributed by atoms with van der Waals surface area (Å²) in [5.74, 6) is 0.874. The normalized spacial score (nSPS) is 22.0. The number of alkyl halides is 1. The van der Waals surface area contributed by atoms with Gasteiger partial charge in [-0.05, 0) is 23.5 Å². The summed E-state index contributed by atoms with van der Waals surface area (Å²) in [5.41, 5.74) is 2.57. The molecule has 1 aliphatic carbocycles. The number of carbonyl (C=O) groups excluding carboxylic acids is 1. The van der Waals surface area contributed by atoms with Crippen LogP contribution in [0.15, 0.2) is 24.3 Å². The van der Waals surface area contributed by atoms with Crippen molar-refractivity contribution in [1.29, 1.82) is 0 Å². The van der Waals surface area contributed by atoms with Crippen molar-refractivity contribution in [2.45, 2.75) is 19.4 Å². The summed E-state index contributed by atoms with van der Waals surface area (Å²) in [6.07, 6.45) is 1.02. The Morgan fingerprint density at radius 3 is 3.00 bits per heavy atom. The minimum atomic E-state index is -0.140. The molecule has 0 radical (unpaired) electrons. The first kappa shape index (κ1) is 12.2. The fourth-order valence-corrected chi connectivity index (χ4v) is 2.46. The lowest BCUT2D eigenvalue weighted by Gasteiger charge is -2.19. The molecule has 2 rings (SSSR count). The van der Waals surface area contributed by atoms with Gasteiger partial charge in [-0.25, -0.2) is 4.79 Å². The Balaban J connectivity index is 2.04. The zero-order valence-electron chi connectivity index (χ0n) is 9.87. The Kier molecular flexibility index (Phi) is 3.89. The van der Waals surface area contributed by atoms with Gasteiger partial charge in [-0.1, -0.05) is 31.2 Å². The molecule has 1 aliphatic rings. The highest BCUT2D eigenvalue weighted by atomic mass is 35.5. The molecule has 0 aliphatic heterocycles. The molecule has 2 unspecified atom stereocenters. The van der Waals surface area contributed by atoms with Crippen LogP contribution in [0.4, 0.5) is 4.79 Å². The largest absolute Gasteiger partial charge is 0.337 e. The predicted octanol–water partition coefficient (Wildman–Crippen LogP) is 2.46. The van der Waals surface area contributed by atoms with Gasteiger partial charge in [-0.3, -0.25) is 0 Å². The molecule has 0 fully saturated rings. The van der Waals surface area contributed by atoms with Crippen LogP contribution >= 0.6 is 11.6 Å². The number of urea groups is 1. The van der Waals surface area contributed by atoms with Crippen LogP contribution in [0.2, 0.25) is 0 Å². The van der Waals surface area contributed by atoms with Gasteiger partial charge in [0.15, 0.2) is 0 Å². The van der Waals surface area contributed by atoms with Crippen molar-refractivity contribution in [3.05, 3.63) is 35.4 Å². The van der Waals surface area contributed by atoms with Crippen molar-refractivity contribution in [2.24, 2.45) is 5.92 Å². The number of rotatable bonds is 3. The van der Waals surface area contributed by atoms with E-state index in [1.165, 1.54) is 11.1 Å². The fourth-order valence-electron chi connectivity index (χ4n) is 2.37. The molecular formula is C13H17ClN2O. The standard InChI is InChI=1S/C13H17ClN2O/c1-9-8-10-4-2-3-5-11(10)12(9)16-13(17)15-7-6-14/h2-5,9,12H,6-8H2,1H3,(H2,15,16,17). The molecule has 92 valence electrons. The molecule has 2 N–H and O–H groups in total. The van der Waals surface area contributed by atoms with E-state index in [0.717, 1.165) is 6.42 Å². The zero-order chi connectivity index (χ0) is 12.3. The van der Waals surface area contributed by atoms with Crippen LogP contribution in [0, 0.1) is 5.92 Å². The number of halogens is 1. The highest BCUT2D eigenvalue weighted by molar-refractivity contribution is 6.18. The Morgan fingerprint density at radius 1 is 1.47 bits per heavy atom. The molecule has 1 aromatic rings. The maximum atomic E-state index is 11.6. The van der Waals surface area contributed by atoms with Crippen LogP contribution in [-0.2, 0) is 6.42 Å². The van der Waals surface area contributed by atoms with Crippen LogP contribution in [-0.4, -0.2) is 18.5 Å². The summed E-state index contributed by atoms with van der Waals surface area (Å²) in [7, 11) is 0. The first-order valence-electron chi connectivity index (χ1n) is 5.90. The van der Waals surface area contributed by atoms with Crippen molar-refractivity contribution < 1.29 is 4.79 Å². The lowest BCUT2D eigenvalue weighted by molar-refractivity contribution is 0.234. The van der Waals surface area contributed by atoms with Crippen LogP contribution in [0.5, 0.6) is 0 Å². The fraction of sp³-hybridized carbons (Fsp3) is 0.462. The smallest absolute Gasteiger partial charge is 0.315 e. The maximum absolute atomic E-state index is 11.6. The molecule has 4 heteroatoms. The van der Waals surface area contributed by atoms with Crippen molar-refractivity contribution in [1.82, 2.24) is 10.6 Å². The van der Waals surface area contributed by atoms with Crippen LogP contribution in [0.3, 0.4) is 0 Å². The van der Waals surface area contributed by atoms with Gasteiger partial charge < -0.3 is 10.6 Å². The van der Waals surface area contributed by atoms with Gasteiger partial charge in [0, 0.05) is 12.4 Å². The van der Waals surface area contributed by atoms with Crippen molar-refractivity contribution in [2.75, 3.05) is 12.4 Å². The average Bonchev–Trinajstić information content (AvgIpc) is 2.64. The first-order chi connectivity index (χ1) is 8.22. The van der Waals surface area contributed by atoms with E-state index in [1.807, 2.05) is 12.1 Å². The number of fused-ring (bicyclic) bond motifs is 1. The predicted molar refractivity (Wildman–Crippen MR) is 69.3 cm³/mol. The van der Waals surface area contributed by atoms with E-state index in [9.17, 15) is 4.79 Å². The van der Waals surface area contributed by atoms with E-state index >= 15 is 0 Å². The second-order valence-electron chi connectivity index (χ2n) is 4.45. The zero-order valence-corrected chi connectivity index (χ0v) is 10.6. The lowest BCUT2D eigenvalue weighted by atomic mass is 10.0. The molecule has 0 heterocycles. The number of amides is 2. The van der Waals surface area contributed by atoms with Crippen molar-refractivity contribution >= 4 is 17.6 Å². The second-order valence-corrected chi connectivity index (χ2v) is 4.83. The molecule has 17 heavy (non-hydrogen) atoms. The monoisotopic (exact) mass is 252 g/mol. The number of hydrogen-bond donors (Lipinski definition) is 2. The van der Waals surface area contributed by atoms with Crippen LogP contribution in [0.25, 0.3) is 0 Å². The van der Waals surface area contributed by atoms with Gasteiger partial charge in [0.1, 0.15) is 0 Å². The van der Waals surface area contributed by atoms with Gasteiger partial charge in [0.25, 0.3) is 0 Å². The molecule has 0 aromatic heterocycles. The highest BCUT2D eigenvalue weighted by Gasteiger charge is 2.29. The van der Waals surface area contributed by atoms with E-state index < -0.39 is 0 Å². The first-order valence-corrected chi connectivity index (χ1v) is 6.44. The lowest BCUT2D eigenvalue weighted by Crippen LogP contribution is -2.39. The molecule has 3 nitrogen and oxygen atoms in total. The highest BCUT2D eigenvalue weighted by Crippen LogP contribution is 2.35. The third kappa shape index (κ3) is 2.72. The SMILES string of the molecule is CC1Cc2ccccc2C1NC(=O)NCCCl. The third-order valence-corrected chi connectivity index (χ3v) is 3.36. The summed E-state index contributed by atoms with van der Waals surface area (Å²) in [6.45, 7) is 2.66. The van der Waals surface area contributed by atoms with Gasteiger partial charge in [-0.15, -0.1) is 11.6 Å². The number of nitrogens with one attached hydrogen (secondary N) is 2. The number of carbonyl (C=O) groups is 1. The van der Waals surface area contributed by atoms with Crippen LogP contribution < -0.4 is 10.6 Å². The van der Waals surface area contributed by atoms with E-state index in [-0.39, 0.29) is 12.1 Å². The van der Waals surface area contributed by atoms with Gasteiger partial charge in [0.2, 0.25) is 0 Å². The second kappa shape index (κ2) is 5.41. The van der Waals surface area contributed by atoms with Crippen molar-refractivity contribution in [3.63, 3.8) is 0 Å². The summed E-state index contributed by atoms with van der Waals surface area (Å²) in [4.78, 5) is 11.6. The quantitative estimate of drug-likeness (QED) is 0.798. The molecule has 2 amide bonds. The Bertz CT molecular complexity index is 408. The molecule has 0 saturated heterocycles. The Morgan fingerprint density at radius 2 is 2.24 bits per heavy atom. The average molecular weight is 253 g/mol. The van der Waals surface area contributed by atoms with Gasteiger partial charge >= 0.3 is 6.03 Å². The van der Waals surface area contributed by atoms with E-state index in [4.69, 9.17) is 11.6 Å². The number of hydrogen-bond acceptors (Lipinski definition) is 1. The summed E-state index contributed by atoms with van der Waals surface area (Å²) < 4.78 is 0. The summed E-state index contributed by atoms with van der Waals surface area (Å²) in [5, 5.41) is 5.74. The molecule has 0 bridgehead atoms. The van der Waals surface area contributed by atoms with E-state index in [0.29, 0.717) is 18.3 Å². The van der Waals surface area contributed by atoms with Crippen molar-refractivity contribution in [3.8, 4) is 0 Å². The minimum absolute atomic E-state index is 0.113. The van der Waals surface area contributed by atoms with E-state index in [2.05, 4.69) is 29.7 Å². The molecule has 1 aromatic carbocycles. The van der Waals surface area contributed by atoms with Gasteiger partial charge in [0.05, 0.1) is 6.04 Å². The summed E-state index contributed by atoms with van der Waals surface area (Å²) in [6, 6.07) is 8.25. The van der Waals surface area contributed by atoms with E-state index in [1.54, 1.807) is 0 Å². The molecular weight excluding hydrogens is 236 g/mol. The maximum Gasteiger partial charge on any atom is 0.315 e. The Hall–Kier alpha value is -1.22. The summed E-state index contributed by atoms with van der Waals surface area (Å²) >= 11 is 5.53. The van der Waals surface area contributed by atoms with Crippen LogP contribution in [0.1, 0.15) is 24.1 Å². The van der Waals surface area contributed by atoms with Gasteiger partial charge in [-0.2, -0.15) is 0 Å². The molecule has 2 atom stereocenters. The minimum Gasteiger partial charge on any atom is -0.337 e. The topological polar surface area (TPSA) is 41.1 Å². The molecule has 0 spiro atoms. The Labute approximate surface area is 107 Å². The third-order valence-electron chi connectivity index (χ3n) is 3.17. The number of benzene rings is 1.